The molecule has 0 radical (unpaired) electrons. The second-order valence-electron chi connectivity index (χ2n) is 4.09. The van der Waals surface area contributed by atoms with Gasteiger partial charge in [-0.3, -0.25) is 0 Å². The van der Waals surface area contributed by atoms with Gasteiger partial charge in [0, 0.05) is 6.07 Å². The van der Waals surface area contributed by atoms with Crippen LogP contribution in [0, 0.1) is 17.2 Å². The molecule has 0 bridgehead atoms. The predicted octanol–water partition coefficient (Wildman–Crippen LogP) is 2.72. The van der Waals surface area contributed by atoms with Gasteiger partial charge in [0.2, 0.25) is 0 Å². The number of nitriles is 1. The molecule has 0 saturated heterocycles. The summed E-state index contributed by atoms with van der Waals surface area (Å²) in [6.45, 7) is 0. The maximum absolute atomic E-state index is 9.19. The highest BCUT2D eigenvalue weighted by molar-refractivity contribution is 5.42. The van der Waals surface area contributed by atoms with Crippen molar-refractivity contribution in [3.05, 3.63) is 23.8 Å². The zero-order valence-corrected chi connectivity index (χ0v) is 9.56. The lowest BCUT2D eigenvalue weighted by molar-refractivity contribution is 0.393. The fourth-order valence-corrected chi connectivity index (χ4v) is 1.89. The Hall–Kier alpha value is -1.69. The number of ether oxygens (including phenoxy) is 2. The number of hydrogen-bond acceptors (Lipinski definition) is 3. The molecule has 1 aliphatic carbocycles. The monoisotopic (exact) mass is 217 g/mol. The smallest absolute Gasteiger partial charge is 0.122 e. The number of rotatable bonds is 4. The molecular weight excluding hydrogens is 202 g/mol. The Kier molecular flexibility index (Phi) is 3.00. The van der Waals surface area contributed by atoms with Gasteiger partial charge in [-0.15, -0.1) is 0 Å². The van der Waals surface area contributed by atoms with Crippen LogP contribution in [-0.4, -0.2) is 14.2 Å². The van der Waals surface area contributed by atoms with Crippen molar-refractivity contribution in [1.82, 2.24) is 0 Å². The van der Waals surface area contributed by atoms with Gasteiger partial charge in [-0.25, -0.2) is 0 Å². The van der Waals surface area contributed by atoms with Crippen molar-refractivity contribution in [2.24, 2.45) is 5.92 Å². The highest BCUT2D eigenvalue weighted by Gasteiger charge is 2.32. The molecule has 1 aliphatic rings. The third kappa shape index (κ3) is 2.11. The number of hydrogen-bond donors (Lipinski definition) is 0. The molecule has 1 fully saturated rings. The molecule has 1 aromatic rings. The van der Waals surface area contributed by atoms with Gasteiger partial charge in [-0.2, -0.15) is 5.26 Å². The van der Waals surface area contributed by atoms with Crippen LogP contribution in [0.2, 0.25) is 0 Å². The van der Waals surface area contributed by atoms with E-state index in [4.69, 9.17) is 9.47 Å². The molecule has 0 aromatic heterocycles. The molecule has 2 rings (SSSR count). The number of benzene rings is 1. The van der Waals surface area contributed by atoms with E-state index in [2.05, 4.69) is 6.07 Å². The molecule has 0 aliphatic heterocycles. The molecule has 84 valence electrons. The van der Waals surface area contributed by atoms with Gasteiger partial charge >= 0.3 is 0 Å². The standard InChI is InChI=1S/C13H15NO2/c1-15-11-5-10(6-12(7-11)16-2)13(8-14)9-3-4-9/h5-7,9,13H,3-4H2,1-2H3. The Morgan fingerprint density at radius 2 is 1.75 bits per heavy atom. The highest BCUT2D eigenvalue weighted by Crippen LogP contribution is 2.43. The highest BCUT2D eigenvalue weighted by atomic mass is 16.5. The average Bonchev–Trinajstić information content (AvgIpc) is 3.14. The van der Waals surface area contributed by atoms with E-state index in [1.807, 2.05) is 18.2 Å². The van der Waals surface area contributed by atoms with Crippen LogP contribution in [0.15, 0.2) is 18.2 Å². The first kappa shape index (κ1) is 10.8. The van der Waals surface area contributed by atoms with Gasteiger partial charge in [-0.1, -0.05) is 0 Å². The van der Waals surface area contributed by atoms with Gasteiger partial charge in [0.25, 0.3) is 0 Å². The summed E-state index contributed by atoms with van der Waals surface area (Å²) in [5, 5.41) is 9.19. The van der Waals surface area contributed by atoms with Crippen molar-refractivity contribution in [3.63, 3.8) is 0 Å². The third-order valence-electron chi connectivity index (χ3n) is 2.97. The molecule has 16 heavy (non-hydrogen) atoms. The van der Waals surface area contributed by atoms with Crippen molar-refractivity contribution in [1.29, 1.82) is 5.26 Å². The van der Waals surface area contributed by atoms with Crippen LogP contribution in [0.4, 0.5) is 0 Å². The van der Waals surface area contributed by atoms with Gasteiger partial charge in [0.1, 0.15) is 11.5 Å². The van der Waals surface area contributed by atoms with Crippen molar-refractivity contribution >= 4 is 0 Å². The van der Waals surface area contributed by atoms with Crippen LogP contribution in [0.5, 0.6) is 11.5 Å². The summed E-state index contributed by atoms with van der Waals surface area (Å²) in [5.41, 5.74) is 1.00. The van der Waals surface area contributed by atoms with Gasteiger partial charge in [-0.05, 0) is 36.5 Å². The maximum Gasteiger partial charge on any atom is 0.122 e. The summed E-state index contributed by atoms with van der Waals surface area (Å²) >= 11 is 0. The zero-order chi connectivity index (χ0) is 11.5. The summed E-state index contributed by atoms with van der Waals surface area (Å²) in [6, 6.07) is 8.05. The van der Waals surface area contributed by atoms with E-state index in [1.165, 1.54) is 0 Å². The summed E-state index contributed by atoms with van der Waals surface area (Å²) < 4.78 is 10.4. The van der Waals surface area contributed by atoms with E-state index in [9.17, 15) is 5.26 Å². The molecule has 1 unspecified atom stereocenters. The minimum Gasteiger partial charge on any atom is -0.497 e. The molecule has 1 aromatic carbocycles. The minimum absolute atomic E-state index is 0.0241. The van der Waals surface area contributed by atoms with E-state index in [1.54, 1.807) is 14.2 Å². The molecular formula is C13H15NO2. The van der Waals surface area contributed by atoms with E-state index < -0.39 is 0 Å². The average molecular weight is 217 g/mol. The number of nitrogens with zero attached hydrogens (tertiary/aromatic N) is 1. The van der Waals surface area contributed by atoms with E-state index in [-0.39, 0.29) is 5.92 Å². The Labute approximate surface area is 95.6 Å². The lowest BCUT2D eigenvalue weighted by Gasteiger charge is -2.11. The van der Waals surface area contributed by atoms with Crippen LogP contribution in [-0.2, 0) is 0 Å². The lowest BCUT2D eigenvalue weighted by Crippen LogP contribution is -1.99. The number of methoxy groups -OCH3 is 2. The Morgan fingerprint density at radius 3 is 2.12 bits per heavy atom. The Bertz CT molecular complexity index is 396. The van der Waals surface area contributed by atoms with Crippen LogP contribution in [0.1, 0.15) is 24.3 Å². The Morgan fingerprint density at radius 1 is 1.19 bits per heavy atom. The summed E-state index contributed by atoms with van der Waals surface area (Å²) in [4.78, 5) is 0. The van der Waals surface area contributed by atoms with Crippen LogP contribution in [0.3, 0.4) is 0 Å². The molecule has 0 heterocycles. The molecule has 1 atom stereocenters. The van der Waals surface area contributed by atoms with Crippen LogP contribution >= 0.6 is 0 Å². The minimum atomic E-state index is -0.0241. The largest absolute Gasteiger partial charge is 0.497 e. The second kappa shape index (κ2) is 4.44. The van der Waals surface area contributed by atoms with Crippen LogP contribution in [0.25, 0.3) is 0 Å². The van der Waals surface area contributed by atoms with Crippen molar-refractivity contribution < 1.29 is 9.47 Å². The topological polar surface area (TPSA) is 42.2 Å². The Balaban J connectivity index is 2.34. The van der Waals surface area contributed by atoms with Crippen molar-refractivity contribution in [3.8, 4) is 17.6 Å². The van der Waals surface area contributed by atoms with E-state index in [0.29, 0.717) is 5.92 Å². The quantitative estimate of drug-likeness (QED) is 0.778. The summed E-state index contributed by atoms with van der Waals surface area (Å²) in [6.07, 6.45) is 2.30. The molecule has 1 saturated carbocycles. The second-order valence-corrected chi connectivity index (χ2v) is 4.09. The lowest BCUT2D eigenvalue weighted by atomic mass is 9.95. The molecule has 0 spiro atoms. The van der Waals surface area contributed by atoms with Gasteiger partial charge < -0.3 is 9.47 Å². The summed E-state index contributed by atoms with van der Waals surface area (Å²) in [5.74, 6) is 1.98. The first-order valence-corrected chi connectivity index (χ1v) is 5.41. The molecule has 0 N–H and O–H groups in total. The molecule has 3 heteroatoms. The fourth-order valence-electron chi connectivity index (χ4n) is 1.89. The van der Waals surface area contributed by atoms with E-state index in [0.717, 1.165) is 29.9 Å². The zero-order valence-electron chi connectivity index (χ0n) is 9.56. The van der Waals surface area contributed by atoms with Gasteiger partial charge in [0.05, 0.1) is 26.2 Å². The normalized spacial score (nSPS) is 16.3. The first-order valence-electron chi connectivity index (χ1n) is 5.41. The molecule has 3 nitrogen and oxygen atoms in total. The van der Waals surface area contributed by atoms with Crippen molar-refractivity contribution in [2.45, 2.75) is 18.8 Å². The summed E-state index contributed by atoms with van der Waals surface area (Å²) in [7, 11) is 3.24. The fraction of sp³-hybridized carbons (Fsp3) is 0.462. The third-order valence-corrected chi connectivity index (χ3v) is 2.97. The van der Waals surface area contributed by atoms with Crippen molar-refractivity contribution in [2.75, 3.05) is 14.2 Å². The first-order chi connectivity index (χ1) is 7.78. The molecule has 0 amide bonds. The van der Waals surface area contributed by atoms with E-state index >= 15 is 0 Å². The predicted molar refractivity (Wildman–Crippen MR) is 60.6 cm³/mol. The van der Waals surface area contributed by atoms with Crippen LogP contribution < -0.4 is 9.47 Å². The maximum atomic E-state index is 9.19. The SMILES string of the molecule is COc1cc(OC)cc(C(C#N)C2CC2)c1. The van der Waals surface area contributed by atoms with Gasteiger partial charge in [0.15, 0.2) is 0 Å².